The van der Waals surface area contributed by atoms with Gasteiger partial charge < -0.3 is 19.6 Å². The lowest BCUT2D eigenvalue weighted by Gasteiger charge is -2.72. The van der Waals surface area contributed by atoms with E-state index in [2.05, 4.69) is 59.1 Å². The number of allylic oxidation sites excluding steroid dienone is 3. The van der Waals surface area contributed by atoms with E-state index in [0.29, 0.717) is 61.3 Å². The van der Waals surface area contributed by atoms with Crippen molar-refractivity contribution >= 4 is 27.5 Å². The van der Waals surface area contributed by atoms with Crippen LogP contribution < -0.4 is 0 Å². The van der Waals surface area contributed by atoms with Gasteiger partial charge in [0.1, 0.15) is 5.60 Å². The molecule has 4 saturated carbocycles. The van der Waals surface area contributed by atoms with E-state index in [1.54, 1.807) is 12.1 Å². The van der Waals surface area contributed by atoms with Crippen molar-refractivity contribution in [3.8, 4) is 0 Å². The number of aromatic carboxylic acids is 1. The maximum Gasteiger partial charge on any atom is 0.410 e. The van der Waals surface area contributed by atoms with Gasteiger partial charge in [-0.3, -0.25) is 0 Å². The van der Waals surface area contributed by atoms with Gasteiger partial charge in [-0.2, -0.15) is 0 Å². The predicted octanol–water partition coefficient (Wildman–Crippen LogP) is 10.4. The standard InChI is InChI=1S/C49H74N2O6S/c1-33(2)36-18-23-49(32-51(43(54)57-44(3,4)5)27-11-26-50-28-30-58(55,56)31-29-50)25-24-47(9)38(41(36)49)16-17-40-46(8)21-19-37(34-12-14-35(15-13-34)42(52)53)45(6,7)39(46)20-22-48(40,47)10/h12-15,19,36,38-41H,1,11,16-18,20-32H2,2-10H3,(H,52,53)/t36-,38+,39-,40+,41+,46-,47+,48+,49+/m0/s1. The van der Waals surface area contributed by atoms with Crippen LogP contribution in [0.15, 0.2) is 42.5 Å². The Morgan fingerprint density at radius 2 is 1.59 bits per heavy atom. The first-order valence-corrected chi connectivity index (χ1v) is 24.4. The molecule has 1 saturated heterocycles. The summed E-state index contributed by atoms with van der Waals surface area (Å²) < 4.78 is 30.3. The average Bonchev–Trinajstić information content (AvgIpc) is 3.51. The second-order valence-electron chi connectivity index (χ2n) is 22.2. The Bertz CT molecular complexity index is 1900. The Hall–Kier alpha value is -2.65. The van der Waals surface area contributed by atoms with Crippen LogP contribution in [0.2, 0.25) is 0 Å². The molecule has 1 amide bonds. The van der Waals surface area contributed by atoms with Crippen molar-refractivity contribution in [2.45, 2.75) is 132 Å². The van der Waals surface area contributed by atoms with Gasteiger partial charge >= 0.3 is 12.1 Å². The maximum absolute atomic E-state index is 14.1. The van der Waals surface area contributed by atoms with Gasteiger partial charge in [0.25, 0.3) is 0 Å². The monoisotopic (exact) mass is 819 g/mol. The van der Waals surface area contributed by atoms with E-state index in [1.165, 1.54) is 43.3 Å². The first kappa shape index (κ1) is 43.4. The average molecular weight is 819 g/mol. The molecule has 1 N–H and O–H groups in total. The summed E-state index contributed by atoms with van der Waals surface area (Å²) in [5, 5.41) is 9.55. The fourth-order valence-corrected chi connectivity index (χ4v) is 16.1. The molecule has 0 unspecified atom stereocenters. The summed E-state index contributed by atoms with van der Waals surface area (Å²) in [6.07, 6.45) is 13.5. The summed E-state index contributed by atoms with van der Waals surface area (Å²) in [5.74, 6) is 2.15. The van der Waals surface area contributed by atoms with Crippen LogP contribution in [0.5, 0.6) is 0 Å². The highest BCUT2D eigenvalue weighted by Crippen LogP contribution is 2.77. The van der Waals surface area contributed by atoms with Crippen LogP contribution in [0, 0.1) is 56.7 Å². The van der Waals surface area contributed by atoms with Crippen LogP contribution in [0.4, 0.5) is 4.79 Å². The topological polar surface area (TPSA) is 104 Å². The number of fused-ring (bicyclic) bond motifs is 7. The van der Waals surface area contributed by atoms with Crippen LogP contribution in [0.3, 0.4) is 0 Å². The minimum atomic E-state index is -2.94. The van der Waals surface area contributed by atoms with Gasteiger partial charge in [0.2, 0.25) is 0 Å². The first-order valence-electron chi connectivity index (χ1n) is 22.6. The van der Waals surface area contributed by atoms with Crippen molar-refractivity contribution in [1.29, 1.82) is 0 Å². The lowest BCUT2D eigenvalue weighted by atomic mass is 9.32. The molecule has 1 aromatic carbocycles. The smallest absolute Gasteiger partial charge is 0.410 e. The summed E-state index contributed by atoms with van der Waals surface area (Å²) in [6.45, 7) is 28.8. The van der Waals surface area contributed by atoms with E-state index in [9.17, 15) is 23.1 Å². The lowest BCUT2D eigenvalue weighted by molar-refractivity contribution is -0.226. The van der Waals surface area contributed by atoms with E-state index in [1.807, 2.05) is 37.8 Å². The molecule has 0 bridgehead atoms. The first-order chi connectivity index (χ1) is 27.0. The third-order valence-corrected chi connectivity index (χ3v) is 19.4. The zero-order valence-corrected chi connectivity index (χ0v) is 38.1. The number of rotatable bonds is 9. The molecule has 9 atom stereocenters. The van der Waals surface area contributed by atoms with Crippen molar-refractivity contribution in [2.24, 2.45) is 56.7 Å². The molecule has 0 aromatic heterocycles. The van der Waals surface area contributed by atoms with E-state index < -0.39 is 21.4 Å². The van der Waals surface area contributed by atoms with E-state index >= 15 is 0 Å². The minimum absolute atomic E-state index is 0.00879. The fourth-order valence-electron chi connectivity index (χ4n) is 14.9. The number of benzene rings is 1. The Morgan fingerprint density at radius 3 is 2.21 bits per heavy atom. The molecule has 9 heteroatoms. The number of carboxylic acids is 1. The SMILES string of the molecule is C=C(C)[C@@H]1CC[C@]2(CN(CCCN3CCS(=O)(=O)CC3)C(=O)OC(C)(C)C)CC[C@]3(C)[C@H](CC[C@@H]4[C@@]5(C)CC=C(c6ccc(C(=O)O)cc6)C(C)(C)[C@@H]5CC[C@]43C)[C@@H]12. The number of ether oxygens (including phenoxy) is 1. The number of amides is 1. The molecule has 0 spiro atoms. The predicted molar refractivity (Wildman–Crippen MR) is 233 cm³/mol. The van der Waals surface area contributed by atoms with Gasteiger partial charge in [-0.1, -0.05) is 65.0 Å². The Balaban J connectivity index is 1.16. The summed E-state index contributed by atoms with van der Waals surface area (Å²) in [4.78, 5) is 30.0. The Morgan fingerprint density at radius 1 is 0.914 bits per heavy atom. The van der Waals surface area contributed by atoms with Crippen LogP contribution in [0.1, 0.15) is 142 Å². The van der Waals surface area contributed by atoms with Crippen molar-refractivity contribution in [2.75, 3.05) is 44.2 Å². The van der Waals surface area contributed by atoms with Crippen molar-refractivity contribution in [3.63, 3.8) is 0 Å². The van der Waals surface area contributed by atoms with E-state index in [0.717, 1.165) is 44.2 Å². The second-order valence-corrected chi connectivity index (χ2v) is 24.5. The van der Waals surface area contributed by atoms with Gasteiger partial charge in [-0.05, 0) is 178 Å². The van der Waals surface area contributed by atoms with E-state index in [-0.39, 0.29) is 44.7 Å². The number of carbonyl (C=O) groups excluding carboxylic acids is 1. The molecule has 0 radical (unpaired) electrons. The van der Waals surface area contributed by atoms with Gasteiger partial charge in [0, 0.05) is 26.2 Å². The number of nitrogens with zero attached hydrogens (tertiary/aromatic N) is 2. The maximum atomic E-state index is 14.1. The largest absolute Gasteiger partial charge is 0.478 e. The molecule has 6 aliphatic rings. The van der Waals surface area contributed by atoms with Gasteiger partial charge in [-0.25, -0.2) is 18.0 Å². The highest BCUT2D eigenvalue weighted by atomic mass is 32.2. The van der Waals surface area contributed by atoms with Crippen LogP contribution in [-0.2, 0) is 14.6 Å². The Labute approximate surface area is 350 Å². The third-order valence-electron chi connectivity index (χ3n) is 17.8. The molecule has 322 valence electrons. The van der Waals surface area contributed by atoms with Crippen LogP contribution in [0.25, 0.3) is 5.57 Å². The Kier molecular flexibility index (Phi) is 11.3. The quantitative estimate of drug-likeness (QED) is 0.248. The zero-order valence-electron chi connectivity index (χ0n) is 37.3. The molecular formula is C49H74N2O6S. The lowest BCUT2D eigenvalue weighted by Crippen LogP contribution is -2.66. The number of carboxylic acid groups (broad SMARTS) is 1. The highest BCUT2D eigenvalue weighted by molar-refractivity contribution is 7.91. The van der Waals surface area contributed by atoms with Crippen molar-refractivity contribution in [1.82, 2.24) is 9.80 Å². The normalized spacial score (nSPS) is 37.9. The summed E-state index contributed by atoms with van der Waals surface area (Å²) in [5.41, 5.74) is 4.05. The molecule has 1 heterocycles. The van der Waals surface area contributed by atoms with Gasteiger partial charge in [-0.15, -0.1) is 0 Å². The van der Waals surface area contributed by atoms with E-state index in [4.69, 9.17) is 4.74 Å². The van der Waals surface area contributed by atoms with Crippen LogP contribution >= 0.6 is 0 Å². The van der Waals surface area contributed by atoms with Crippen molar-refractivity contribution < 1.29 is 27.9 Å². The van der Waals surface area contributed by atoms with Crippen LogP contribution in [-0.4, -0.2) is 85.2 Å². The number of carbonyl (C=O) groups is 2. The second kappa shape index (κ2) is 15.1. The zero-order chi connectivity index (χ0) is 42.3. The molecule has 5 fully saturated rings. The molecule has 8 nitrogen and oxygen atoms in total. The molecule has 1 aromatic rings. The molecule has 1 aliphatic heterocycles. The van der Waals surface area contributed by atoms with Gasteiger partial charge in [0.15, 0.2) is 9.84 Å². The number of hydrogen-bond acceptors (Lipinski definition) is 6. The molecule has 5 aliphatic carbocycles. The minimum Gasteiger partial charge on any atom is -0.478 e. The molecule has 58 heavy (non-hydrogen) atoms. The summed E-state index contributed by atoms with van der Waals surface area (Å²) in [7, 11) is -2.94. The number of sulfone groups is 1. The third kappa shape index (κ3) is 7.42. The number of hydrogen-bond donors (Lipinski definition) is 1. The summed E-state index contributed by atoms with van der Waals surface area (Å²) >= 11 is 0. The molecular weight excluding hydrogens is 745 g/mol. The fraction of sp³-hybridized carbons (Fsp3) is 0.755. The summed E-state index contributed by atoms with van der Waals surface area (Å²) in [6, 6.07) is 7.54. The van der Waals surface area contributed by atoms with Crippen molar-refractivity contribution in [3.05, 3.63) is 53.6 Å². The van der Waals surface area contributed by atoms with Gasteiger partial charge in [0.05, 0.1) is 17.1 Å². The highest BCUT2D eigenvalue weighted by Gasteiger charge is 2.70. The molecule has 7 rings (SSSR count).